The number of nitrogens with one attached hydrogen (secondary N) is 1. The average Bonchev–Trinajstić information content (AvgIpc) is 2.42. The Morgan fingerprint density at radius 2 is 2.05 bits per heavy atom. The van der Waals surface area contributed by atoms with Gasteiger partial charge in [0.2, 0.25) is 5.91 Å². The van der Waals surface area contributed by atoms with Crippen LogP contribution in [0.15, 0.2) is 18.2 Å². The molecule has 0 aliphatic rings. The van der Waals surface area contributed by atoms with E-state index in [-0.39, 0.29) is 11.8 Å². The largest absolute Gasteiger partial charge is 0.392 e. The Hall–Kier alpha value is -1.35. The number of anilines is 1. The van der Waals surface area contributed by atoms with Gasteiger partial charge in [0.15, 0.2) is 0 Å². The van der Waals surface area contributed by atoms with E-state index in [9.17, 15) is 9.90 Å². The fraction of sp³-hybridized carbons (Fsp3) is 0.588. The third-order valence-electron chi connectivity index (χ3n) is 3.45. The second-order valence-corrected chi connectivity index (χ2v) is 5.39. The molecule has 0 saturated carbocycles. The van der Waals surface area contributed by atoms with Crippen molar-refractivity contribution >= 4 is 11.6 Å². The summed E-state index contributed by atoms with van der Waals surface area (Å²) in [6.45, 7) is 6.09. The lowest BCUT2D eigenvalue weighted by atomic mass is 9.92. The van der Waals surface area contributed by atoms with Gasteiger partial charge in [0.05, 0.1) is 12.0 Å². The zero-order valence-electron chi connectivity index (χ0n) is 12.8. The van der Waals surface area contributed by atoms with Crippen LogP contribution >= 0.6 is 0 Å². The molecule has 0 fully saturated rings. The van der Waals surface area contributed by atoms with Crippen LogP contribution in [0.3, 0.4) is 0 Å². The van der Waals surface area contributed by atoms with Gasteiger partial charge in [-0.05, 0) is 43.5 Å². The second kappa shape index (κ2) is 8.75. The first-order valence-corrected chi connectivity index (χ1v) is 7.55. The molecular formula is C17H26NO2. The summed E-state index contributed by atoms with van der Waals surface area (Å²) in [6.07, 6.45) is 3.72. The van der Waals surface area contributed by atoms with Gasteiger partial charge in [0.25, 0.3) is 0 Å². The van der Waals surface area contributed by atoms with Crippen molar-refractivity contribution in [3.05, 3.63) is 29.8 Å². The van der Waals surface area contributed by atoms with Crippen LogP contribution in [0.25, 0.3) is 0 Å². The highest BCUT2D eigenvalue weighted by Gasteiger charge is 2.25. The van der Waals surface area contributed by atoms with Crippen molar-refractivity contribution in [2.75, 3.05) is 5.32 Å². The summed E-state index contributed by atoms with van der Waals surface area (Å²) in [6, 6.07) is 8.53. The molecule has 0 bridgehead atoms. The zero-order valence-corrected chi connectivity index (χ0v) is 12.8. The number of aryl methyl sites for hydroxylation is 1. The first kappa shape index (κ1) is 16.7. The zero-order chi connectivity index (χ0) is 15.0. The van der Waals surface area contributed by atoms with Crippen LogP contribution in [0.5, 0.6) is 0 Å². The summed E-state index contributed by atoms with van der Waals surface area (Å²) in [7, 11) is 0. The Morgan fingerprint density at radius 3 is 2.65 bits per heavy atom. The molecule has 111 valence electrons. The molecule has 1 radical (unpaired) electrons. The highest BCUT2D eigenvalue weighted by molar-refractivity contribution is 5.92. The number of carbonyl (C=O) groups excluding carboxylic acids is 1. The van der Waals surface area contributed by atoms with E-state index in [1.54, 1.807) is 6.07 Å². The highest BCUT2D eigenvalue weighted by Crippen LogP contribution is 2.19. The molecule has 20 heavy (non-hydrogen) atoms. The van der Waals surface area contributed by atoms with Gasteiger partial charge in [-0.3, -0.25) is 4.79 Å². The maximum atomic E-state index is 12.3. The van der Waals surface area contributed by atoms with Crippen molar-refractivity contribution in [3.8, 4) is 0 Å². The van der Waals surface area contributed by atoms with E-state index in [1.807, 2.05) is 26.0 Å². The van der Waals surface area contributed by atoms with Crippen LogP contribution in [0.2, 0.25) is 0 Å². The average molecular weight is 276 g/mol. The Balaban J connectivity index is 2.68. The number of unbranched alkanes of at least 4 members (excludes halogenated alkanes) is 1. The van der Waals surface area contributed by atoms with Crippen LogP contribution < -0.4 is 5.32 Å². The smallest absolute Gasteiger partial charge is 0.230 e. The fourth-order valence-electron chi connectivity index (χ4n) is 2.32. The molecule has 0 spiro atoms. The predicted octanol–water partition coefficient (Wildman–Crippen LogP) is 3.70. The van der Waals surface area contributed by atoms with Gasteiger partial charge in [-0.1, -0.05) is 39.2 Å². The molecule has 0 unspecified atom stereocenters. The lowest BCUT2D eigenvalue weighted by Gasteiger charge is -2.22. The van der Waals surface area contributed by atoms with Gasteiger partial charge in [-0.15, -0.1) is 0 Å². The summed E-state index contributed by atoms with van der Waals surface area (Å²) in [5.74, 6) is -0.415. The quantitative estimate of drug-likeness (QED) is 0.760. The van der Waals surface area contributed by atoms with Crippen molar-refractivity contribution in [1.82, 2.24) is 0 Å². The van der Waals surface area contributed by atoms with E-state index in [4.69, 9.17) is 0 Å². The van der Waals surface area contributed by atoms with Gasteiger partial charge >= 0.3 is 0 Å². The molecule has 2 N–H and O–H groups in total. The second-order valence-electron chi connectivity index (χ2n) is 5.39. The molecular weight excluding hydrogens is 250 g/mol. The lowest BCUT2D eigenvalue weighted by Crippen LogP contribution is -2.33. The summed E-state index contributed by atoms with van der Waals surface area (Å²) in [5.41, 5.74) is 1.81. The summed E-state index contributed by atoms with van der Waals surface area (Å²) < 4.78 is 0. The molecule has 1 rings (SSSR count). The van der Waals surface area contributed by atoms with Gasteiger partial charge in [0, 0.05) is 5.69 Å². The van der Waals surface area contributed by atoms with Crippen molar-refractivity contribution in [3.63, 3.8) is 0 Å². The SMILES string of the molecule is CCCC[C@H](O)[C@H](CCC)C(=O)Nc1c[c]cc(C)c1. The Bertz CT molecular complexity index is 417. The minimum atomic E-state index is -0.552. The number of hydrogen-bond acceptors (Lipinski definition) is 2. The number of aliphatic hydroxyl groups excluding tert-OH is 1. The molecule has 1 aromatic carbocycles. The van der Waals surface area contributed by atoms with E-state index in [1.165, 1.54) is 0 Å². The monoisotopic (exact) mass is 276 g/mol. The predicted molar refractivity (Wildman–Crippen MR) is 82.6 cm³/mol. The van der Waals surface area contributed by atoms with E-state index in [2.05, 4.69) is 18.3 Å². The van der Waals surface area contributed by atoms with Gasteiger partial charge in [-0.2, -0.15) is 0 Å². The molecule has 0 aliphatic heterocycles. The van der Waals surface area contributed by atoms with Crippen molar-refractivity contribution < 1.29 is 9.90 Å². The van der Waals surface area contributed by atoms with Crippen LogP contribution in [0, 0.1) is 18.9 Å². The lowest BCUT2D eigenvalue weighted by molar-refractivity contribution is -0.123. The molecule has 2 atom stereocenters. The molecule has 0 saturated heterocycles. The molecule has 1 aromatic rings. The number of aliphatic hydroxyl groups is 1. The van der Waals surface area contributed by atoms with Crippen LogP contribution in [-0.4, -0.2) is 17.1 Å². The standard InChI is InChI=1S/C17H26NO2/c1-4-6-11-16(19)15(8-5-2)17(20)18-14-10-7-9-13(3)12-14/h9-10,12,15-16,19H,4-6,8,11H2,1-3H3,(H,18,20)/t15-,16-/m0/s1. The number of amides is 1. The first-order valence-electron chi connectivity index (χ1n) is 7.55. The molecule has 0 aromatic heterocycles. The van der Waals surface area contributed by atoms with Crippen LogP contribution in [-0.2, 0) is 4.79 Å². The maximum Gasteiger partial charge on any atom is 0.230 e. The van der Waals surface area contributed by atoms with Gasteiger partial charge in [0.1, 0.15) is 0 Å². The summed E-state index contributed by atoms with van der Waals surface area (Å²) in [4.78, 5) is 12.3. The van der Waals surface area contributed by atoms with Crippen LogP contribution in [0.4, 0.5) is 5.69 Å². The minimum Gasteiger partial charge on any atom is -0.392 e. The Labute approximate surface area is 122 Å². The fourth-order valence-corrected chi connectivity index (χ4v) is 2.32. The van der Waals surface area contributed by atoms with Crippen LogP contribution in [0.1, 0.15) is 51.5 Å². The first-order chi connectivity index (χ1) is 9.58. The number of hydrogen-bond donors (Lipinski definition) is 2. The minimum absolute atomic E-state index is 0.0885. The topological polar surface area (TPSA) is 49.3 Å². The van der Waals surface area contributed by atoms with Crippen molar-refractivity contribution in [1.29, 1.82) is 0 Å². The Morgan fingerprint density at radius 1 is 1.30 bits per heavy atom. The highest BCUT2D eigenvalue weighted by atomic mass is 16.3. The van der Waals surface area contributed by atoms with Gasteiger partial charge in [-0.25, -0.2) is 0 Å². The molecule has 0 heterocycles. The Kier molecular flexibility index (Phi) is 7.31. The number of carbonyl (C=O) groups is 1. The van der Waals surface area contributed by atoms with E-state index < -0.39 is 6.10 Å². The third kappa shape index (κ3) is 5.33. The molecule has 3 nitrogen and oxygen atoms in total. The number of benzene rings is 1. The van der Waals surface area contributed by atoms with Gasteiger partial charge < -0.3 is 10.4 Å². The van der Waals surface area contributed by atoms with E-state index in [0.717, 1.165) is 30.5 Å². The van der Waals surface area contributed by atoms with E-state index >= 15 is 0 Å². The normalized spacial score (nSPS) is 13.8. The summed E-state index contributed by atoms with van der Waals surface area (Å²) >= 11 is 0. The summed E-state index contributed by atoms with van der Waals surface area (Å²) in [5, 5.41) is 13.1. The number of rotatable bonds is 8. The third-order valence-corrected chi connectivity index (χ3v) is 3.45. The molecule has 0 aliphatic carbocycles. The molecule has 1 amide bonds. The van der Waals surface area contributed by atoms with E-state index in [0.29, 0.717) is 12.8 Å². The van der Waals surface area contributed by atoms with Crippen molar-refractivity contribution in [2.24, 2.45) is 5.92 Å². The van der Waals surface area contributed by atoms with Crippen molar-refractivity contribution in [2.45, 2.75) is 59.0 Å². The maximum absolute atomic E-state index is 12.3. The molecule has 3 heteroatoms.